The van der Waals surface area contributed by atoms with Crippen molar-refractivity contribution in [1.82, 2.24) is 14.6 Å². The Morgan fingerprint density at radius 3 is 2.97 bits per heavy atom. The first kappa shape index (κ1) is 19.3. The normalized spacial score (nSPS) is 19.4. The monoisotopic (exact) mass is 407 g/mol. The van der Waals surface area contributed by atoms with Gasteiger partial charge in [0, 0.05) is 49.0 Å². The van der Waals surface area contributed by atoms with Crippen molar-refractivity contribution < 1.29 is 9.67 Å². The highest BCUT2D eigenvalue weighted by atomic mass is 16.3. The summed E-state index contributed by atoms with van der Waals surface area (Å²) in [6.07, 6.45) is 12.9. The minimum atomic E-state index is 0.222. The summed E-state index contributed by atoms with van der Waals surface area (Å²) in [5.74, 6) is 2.58. The van der Waals surface area contributed by atoms with Crippen LogP contribution >= 0.6 is 0 Å². The molecule has 3 aromatic heterocycles. The molecule has 2 aliphatic rings. The SMILES string of the molecule is C[n+]1cccc(CNc2cc(N3CCCC[C@H]3CCO)nc3c(C4CC4)cnn23)c1. The number of hydrogen-bond donors (Lipinski definition) is 2. The van der Waals surface area contributed by atoms with Crippen LogP contribution in [0.25, 0.3) is 5.65 Å². The second-order valence-electron chi connectivity index (χ2n) is 8.70. The molecule has 0 radical (unpaired) electrons. The average molecular weight is 408 g/mol. The average Bonchev–Trinajstić information content (AvgIpc) is 3.51. The van der Waals surface area contributed by atoms with Gasteiger partial charge in [-0.3, -0.25) is 0 Å². The molecule has 0 aromatic carbocycles. The Kier molecular flexibility index (Phi) is 5.29. The number of nitrogens with zero attached hydrogens (tertiary/aromatic N) is 5. The number of rotatable bonds is 7. The molecule has 7 heteroatoms. The Morgan fingerprint density at radius 1 is 1.27 bits per heavy atom. The van der Waals surface area contributed by atoms with Crippen LogP contribution in [0.15, 0.2) is 36.8 Å². The van der Waals surface area contributed by atoms with Gasteiger partial charge >= 0.3 is 0 Å². The summed E-state index contributed by atoms with van der Waals surface area (Å²) in [6.45, 7) is 1.94. The van der Waals surface area contributed by atoms with Crippen molar-refractivity contribution in [1.29, 1.82) is 0 Å². The van der Waals surface area contributed by atoms with E-state index in [0.717, 1.165) is 43.2 Å². The number of nitrogens with one attached hydrogen (secondary N) is 1. The van der Waals surface area contributed by atoms with Gasteiger partial charge in [0.05, 0.1) is 6.20 Å². The highest BCUT2D eigenvalue weighted by Crippen LogP contribution is 2.42. The van der Waals surface area contributed by atoms with Crippen LogP contribution in [0.2, 0.25) is 0 Å². The fourth-order valence-corrected chi connectivity index (χ4v) is 4.62. The molecule has 1 aliphatic carbocycles. The number of anilines is 2. The van der Waals surface area contributed by atoms with Gasteiger partial charge in [0.25, 0.3) is 0 Å². The first-order chi connectivity index (χ1) is 14.7. The topological polar surface area (TPSA) is 69.6 Å². The molecule has 0 unspecified atom stereocenters. The van der Waals surface area contributed by atoms with E-state index in [-0.39, 0.29) is 6.61 Å². The van der Waals surface area contributed by atoms with Crippen molar-refractivity contribution in [3.8, 4) is 0 Å². The third-order valence-corrected chi connectivity index (χ3v) is 6.36. The molecule has 0 amide bonds. The predicted molar refractivity (Wildman–Crippen MR) is 117 cm³/mol. The number of hydrogen-bond acceptors (Lipinski definition) is 5. The van der Waals surface area contributed by atoms with Gasteiger partial charge < -0.3 is 15.3 Å². The van der Waals surface area contributed by atoms with Gasteiger partial charge in [-0.2, -0.15) is 9.61 Å². The lowest BCUT2D eigenvalue weighted by molar-refractivity contribution is -0.671. The molecule has 1 saturated heterocycles. The van der Waals surface area contributed by atoms with Crippen molar-refractivity contribution >= 4 is 17.3 Å². The number of aliphatic hydroxyl groups excluding tert-OH is 1. The zero-order chi connectivity index (χ0) is 20.5. The van der Waals surface area contributed by atoms with Crippen molar-refractivity contribution in [3.05, 3.63) is 47.9 Å². The van der Waals surface area contributed by atoms with E-state index in [1.807, 2.05) is 24.0 Å². The number of piperidine rings is 1. The van der Waals surface area contributed by atoms with Crippen LogP contribution in [0.4, 0.5) is 11.6 Å². The molecule has 2 N–H and O–H groups in total. The quantitative estimate of drug-likeness (QED) is 0.590. The maximum absolute atomic E-state index is 9.56. The maximum atomic E-state index is 9.56. The molecule has 0 spiro atoms. The summed E-state index contributed by atoms with van der Waals surface area (Å²) in [7, 11) is 2.04. The predicted octanol–water partition coefficient (Wildman–Crippen LogP) is 2.78. The third kappa shape index (κ3) is 3.86. The fraction of sp³-hybridized carbons (Fsp3) is 0.522. The van der Waals surface area contributed by atoms with E-state index >= 15 is 0 Å². The molecular formula is C23H31N6O+. The fourth-order valence-electron chi connectivity index (χ4n) is 4.62. The minimum absolute atomic E-state index is 0.222. The number of fused-ring (bicyclic) bond motifs is 1. The maximum Gasteiger partial charge on any atom is 0.173 e. The third-order valence-electron chi connectivity index (χ3n) is 6.36. The second-order valence-corrected chi connectivity index (χ2v) is 8.70. The number of aromatic nitrogens is 4. The molecule has 2 fully saturated rings. The van der Waals surface area contributed by atoms with E-state index in [9.17, 15) is 5.11 Å². The molecule has 158 valence electrons. The summed E-state index contributed by atoms with van der Waals surface area (Å²) in [6, 6.07) is 6.69. The van der Waals surface area contributed by atoms with Gasteiger partial charge in [-0.05, 0) is 50.5 Å². The second kappa shape index (κ2) is 8.22. The Balaban J connectivity index is 1.51. The Bertz CT molecular complexity index is 1030. The van der Waals surface area contributed by atoms with Crippen LogP contribution in [-0.4, -0.2) is 38.9 Å². The molecule has 0 bridgehead atoms. The molecule has 4 heterocycles. The van der Waals surface area contributed by atoms with E-state index in [0.29, 0.717) is 12.0 Å². The van der Waals surface area contributed by atoms with E-state index in [1.54, 1.807) is 0 Å². The van der Waals surface area contributed by atoms with Crippen LogP contribution in [0.1, 0.15) is 55.6 Å². The summed E-state index contributed by atoms with van der Waals surface area (Å²) in [5, 5.41) is 17.8. The van der Waals surface area contributed by atoms with Crippen LogP contribution in [0, 0.1) is 0 Å². The zero-order valence-electron chi connectivity index (χ0n) is 17.7. The van der Waals surface area contributed by atoms with Gasteiger partial charge in [0.2, 0.25) is 0 Å². The van der Waals surface area contributed by atoms with Gasteiger partial charge in [0.15, 0.2) is 18.0 Å². The van der Waals surface area contributed by atoms with E-state index < -0.39 is 0 Å². The Labute approximate surface area is 177 Å². The van der Waals surface area contributed by atoms with Crippen molar-refractivity contribution in [2.75, 3.05) is 23.4 Å². The van der Waals surface area contributed by atoms with E-state index in [1.165, 1.54) is 36.8 Å². The lowest BCUT2D eigenvalue weighted by atomic mass is 9.99. The molecule has 1 aliphatic heterocycles. The largest absolute Gasteiger partial charge is 0.396 e. The van der Waals surface area contributed by atoms with Crippen LogP contribution in [0.3, 0.4) is 0 Å². The minimum Gasteiger partial charge on any atom is -0.396 e. The molecule has 1 saturated carbocycles. The van der Waals surface area contributed by atoms with Crippen molar-refractivity contribution in [2.24, 2.45) is 7.05 Å². The first-order valence-electron chi connectivity index (χ1n) is 11.2. The Morgan fingerprint density at radius 2 is 2.17 bits per heavy atom. The highest BCUT2D eigenvalue weighted by Gasteiger charge is 2.30. The number of aryl methyl sites for hydroxylation is 1. The Hall–Kier alpha value is -2.67. The summed E-state index contributed by atoms with van der Waals surface area (Å²) < 4.78 is 4.03. The van der Waals surface area contributed by atoms with Crippen LogP contribution in [0.5, 0.6) is 0 Å². The lowest BCUT2D eigenvalue weighted by Crippen LogP contribution is -2.40. The smallest absolute Gasteiger partial charge is 0.173 e. The molecule has 5 rings (SSSR count). The molecule has 1 atom stereocenters. The molecular weight excluding hydrogens is 376 g/mol. The number of pyridine rings is 1. The first-order valence-corrected chi connectivity index (χ1v) is 11.2. The van der Waals surface area contributed by atoms with Gasteiger partial charge in [-0.25, -0.2) is 9.55 Å². The zero-order valence-corrected chi connectivity index (χ0v) is 17.7. The lowest BCUT2D eigenvalue weighted by Gasteiger charge is -2.36. The molecule has 30 heavy (non-hydrogen) atoms. The summed E-state index contributed by atoms with van der Waals surface area (Å²) >= 11 is 0. The van der Waals surface area contributed by atoms with Gasteiger partial charge in [0.1, 0.15) is 18.7 Å². The van der Waals surface area contributed by atoms with Crippen molar-refractivity contribution in [2.45, 2.75) is 57.0 Å². The van der Waals surface area contributed by atoms with E-state index in [4.69, 9.17) is 4.98 Å². The molecule has 7 nitrogen and oxygen atoms in total. The standard InChI is InChI=1S/C23H31N6O/c1-27-10-4-5-17(16-27)14-24-21-13-22(28-11-3-2-6-19(28)9-12-30)26-23-20(18-7-8-18)15-25-29(21)23/h4-5,10,13,15-16,18-19,24,30H,2-3,6-9,11-12,14H2,1H3/q+1/t19-/m0/s1. The molecule has 3 aromatic rings. The van der Waals surface area contributed by atoms with Crippen LogP contribution in [-0.2, 0) is 13.6 Å². The van der Waals surface area contributed by atoms with E-state index in [2.05, 4.69) is 44.3 Å². The summed E-state index contributed by atoms with van der Waals surface area (Å²) in [4.78, 5) is 7.48. The van der Waals surface area contributed by atoms with Crippen LogP contribution < -0.4 is 14.8 Å². The number of aliphatic hydroxyl groups is 1. The highest BCUT2D eigenvalue weighted by molar-refractivity contribution is 5.62. The van der Waals surface area contributed by atoms with Gasteiger partial charge in [-0.15, -0.1) is 0 Å². The van der Waals surface area contributed by atoms with Crippen molar-refractivity contribution in [3.63, 3.8) is 0 Å². The summed E-state index contributed by atoms with van der Waals surface area (Å²) in [5.41, 5.74) is 3.46. The van der Waals surface area contributed by atoms with Gasteiger partial charge in [-0.1, -0.05) is 0 Å².